The number of aliphatic hydroxyl groups is 2. The molecule has 0 bridgehead atoms. The molecule has 0 aliphatic rings. The average Bonchev–Trinajstić information content (AvgIpc) is 2.21. The smallest absolute Gasteiger partial charge is 0.220 e. The van der Waals surface area contributed by atoms with Gasteiger partial charge in [0.2, 0.25) is 5.91 Å². The van der Waals surface area contributed by atoms with Gasteiger partial charge in [0.1, 0.15) is 0 Å². The van der Waals surface area contributed by atoms with Gasteiger partial charge in [-0.1, -0.05) is 46.8 Å². The fraction of sp³-hybridized carbons (Fsp3) is 0.812. The van der Waals surface area contributed by atoms with Crippen molar-refractivity contribution in [1.29, 1.82) is 0 Å². The minimum Gasteiger partial charge on any atom is -0.394 e. The van der Waals surface area contributed by atoms with Crippen LogP contribution >= 0.6 is 13.5 Å². The second-order valence-corrected chi connectivity index (χ2v) is 7.45. The fourth-order valence-corrected chi connectivity index (χ4v) is 2.76. The number of carbonyl (C=O) groups is 1. The van der Waals surface area contributed by atoms with E-state index in [1.807, 2.05) is 0 Å². The number of hydrogen-bond donors (Lipinski definition) is 3. The van der Waals surface area contributed by atoms with Gasteiger partial charge < -0.3 is 15.5 Å². The van der Waals surface area contributed by atoms with Crippen LogP contribution in [-0.2, 0) is 25.9 Å². The van der Waals surface area contributed by atoms with Crippen molar-refractivity contribution >= 4 is 19.4 Å². The molecule has 1 amide bonds. The van der Waals surface area contributed by atoms with Crippen molar-refractivity contribution in [2.24, 2.45) is 10.8 Å². The number of amides is 1. The van der Waals surface area contributed by atoms with Crippen LogP contribution in [0, 0.1) is 10.8 Å². The van der Waals surface area contributed by atoms with E-state index in [9.17, 15) is 15.0 Å². The Bertz CT molecular complexity index is 341. The summed E-state index contributed by atoms with van der Waals surface area (Å²) in [6.45, 7) is 12.1. The summed E-state index contributed by atoms with van der Waals surface area (Å²) in [6.07, 6.45) is 3.70. The van der Waals surface area contributed by atoms with Crippen LogP contribution in [-0.4, -0.2) is 34.9 Å². The van der Waals surface area contributed by atoms with Crippen LogP contribution in [0.25, 0.3) is 0 Å². The van der Waals surface area contributed by atoms with Crippen molar-refractivity contribution in [1.82, 2.24) is 5.32 Å². The Labute approximate surface area is 156 Å². The maximum absolute atomic E-state index is 12.1. The number of allylic oxidation sites excluding steroid dienone is 1. The molecular formula is C16H33NO3SW. The molecule has 0 aliphatic carbocycles. The summed E-state index contributed by atoms with van der Waals surface area (Å²) >= 11 is 0. The van der Waals surface area contributed by atoms with Crippen molar-refractivity contribution in [3.8, 4) is 0 Å². The Morgan fingerprint density at radius 3 is 2.09 bits per heavy atom. The first-order valence-electron chi connectivity index (χ1n) is 7.22. The third-order valence-electron chi connectivity index (χ3n) is 2.99. The molecule has 22 heavy (non-hydrogen) atoms. The van der Waals surface area contributed by atoms with Crippen LogP contribution in [0.5, 0.6) is 0 Å². The minimum absolute atomic E-state index is 0. The Kier molecular flexibility index (Phi) is 14.3. The van der Waals surface area contributed by atoms with Crippen LogP contribution < -0.4 is 5.32 Å². The normalized spacial score (nSPS) is 14.7. The van der Waals surface area contributed by atoms with E-state index in [0.29, 0.717) is 6.42 Å². The Hall–Kier alpha value is 0.168. The molecule has 0 aromatic heterocycles. The van der Waals surface area contributed by atoms with E-state index in [0.717, 1.165) is 6.42 Å². The van der Waals surface area contributed by atoms with E-state index in [4.69, 9.17) is 0 Å². The first-order valence-corrected chi connectivity index (χ1v) is 7.22. The van der Waals surface area contributed by atoms with E-state index in [1.54, 1.807) is 19.1 Å². The van der Waals surface area contributed by atoms with Gasteiger partial charge in [-0.25, -0.2) is 0 Å². The van der Waals surface area contributed by atoms with Gasteiger partial charge in [0.15, 0.2) is 0 Å². The molecule has 6 heteroatoms. The third-order valence-corrected chi connectivity index (χ3v) is 2.99. The largest absolute Gasteiger partial charge is 0.394 e. The Balaban J connectivity index is -0.00000180. The number of rotatable bonds is 7. The summed E-state index contributed by atoms with van der Waals surface area (Å²) in [5.41, 5.74) is 0.0402. The first kappa shape index (κ1) is 27.0. The topological polar surface area (TPSA) is 69.6 Å². The van der Waals surface area contributed by atoms with E-state index in [2.05, 4.69) is 39.9 Å². The first-order chi connectivity index (χ1) is 9.00. The summed E-state index contributed by atoms with van der Waals surface area (Å²) in [5, 5.41) is 21.7. The molecule has 132 valence electrons. The number of carbonyl (C=O) groups excluding carboxylic acids is 1. The maximum atomic E-state index is 12.1. The summed E-state index contributed by atoms with van der Waals surface area (Å²) in [5.74, 6) is -0.137. The number of hydrogen-bond acceptors (Lipinski definition) is 3. The van der Waals surface area contributed by atoms with Gasteiger partial charge in [-0.3, -0.25) is 4.79 Å². The molecule has 2 unspecified atom stereocenters. The Morgan fingerprint density at radius 2 is 1.73 bits per heavy atom. The van der Waals surface area contributed by atoms with Gasteiger partial charge in [-0.05, 0) is 24.2 Å². The SMILES string of the molecule is C/C=C/C(O)C(CO)NC(=O)CC(C)(C)CC(C)(C)C.S.[W]. The van der Waals surface area contributed by atoms with E-state index >= 15 is 0 Å². The molecule has 4 nitrogen and oxygen atoms in total. The zero-order valence-electron chi connectivity index (χ0n) is 14.6. The molecule has 0 spiro atoms. The number of nitrogens with one attached hydrogen (secondary N) is 1. The summed E-state index contributed by atoms with van der Waals surface area (Å²) < 4.78 is 0. The quantitative estimate of drug-likeness (QED) is 0.468. The predicted molar refractivity (Wildman–Crippen MR) is 92.7 cm³/mol. The summed E-state index contributed by atoms with van der Waals surface area (Å²) in [7, 11) is 0. The second-order valence-electron chi connectivity index (χ2n) is 7.45. The van der Waals surface area contributed by atoms with Crippen molar-refractivity contribution in [3.63, 3.8) is 0 Å². The summed E-state index contributed by atoms with van der Waals surface area (Å²) in [4.78, 5) is 12.1. The Morgan fingerprint density at radius 1 is 1.23 bits per heavy atom. The molecule has 0 radical (unpaired) electrons. The predicted octanol–water partition coefficient (Wildman–Crippen LogP) is 2.36. The molecule has 0 fully saturated rings. The molecule has 0 aliphatic heterocycles. The molecule has 0 heterocycles. The van der Waals surface area contributed by atoms with Crippen molar-refractivity contribution in [2.45, 2.75) is 66.5 Å². The van der Waals surface area contributed by atoms with Gasteiger partial charge in [0.25, 0.3) is 0 Å². The minimum atomic E-state index is -0.861. The van der Waals surface area contributed by atoms with Gasteiger partial charge >= 0.3 is 0 Å². The molecule has 2 atom stereocenters. The molecule has 0 rings (SSSR count). The molecule has 0 aromatic rings. The monoisotopic (exact) mass is 503 g/mol. The maximum Gasteiger partial charge on any atom is 0.220 e. The van der Waals surface area contributed by atoms with Crippen molar-refractivity contribution in [3.05, 3.63) is 12.2 Å². The molecule has 0 saturated heterocycles. The fourth-order valence-electron chi connectivity index (χ4n) is 2.76. The van der Waals surface area contributed by atoms with Crippen LogP contribution in [0.1, 0.15) is 54.4 Å². The molecule has 3 N–H and O–H groups in total. The zero-order valence-corrected chi connectivity index (χ0v) is 18.6. The van der Waals surface area contributed by atoms with E-state index in [-0.39, 0.29) is 57.9 Å². The van der Waals surface area contributed by atoms with Crippen LogP contribution in [0.15, 0.2) is 12.2 Å². The van der Waals surface area contributed by atoms with Gasteiger partial charge in [0, 0.05) is 27.5 Å². The zero-order chi connectivity index (χ0) is 16.0. The van der Waals surface area contributed by atoms with Gasteiger partial charge in [-0.2, -0.15) is 13.5 Å². The number of aliphatic hydroxyl groups excluding tert-OH is 2. The second kappa shape index (κ2) is 11.7. The van der Waals surface area contributed by atoms with Crippen molar-refractivity contribution < 1.29 is 36.1 Å². The van der Waals surface area contributed by atoms with Crippen LogP contribution in [0.2, 0.25) is 0 Å². The molecule has 0 saturated carbocycles. The summed E-state index contributed by atoms with van der Waals surface area (Å²) in [6, 6.07) is -0.649. The van der Waals surface area contributed by atoms with E-state index in [1.165, 1.54) is 0 Å². The van der Waals surface area contributed by atoms with Gasteiger partial charge in [-0.15, -0.1) is 0 Å². The van der Waals surface area contributed by atoms with E-state index < -0.39 is 12.1 Å². The van der Waals surface area contributed by atoms with Crippen LogP contribution in [0.4, 0.5) is 0 Å². The third kappa shape index (κ3) is 12.7. The van der Waals surface area contributed by atoms with Crippen LogP contribution in [0.3, 0.4) is 0 Å². The van der Waals surface area contributed by atoms with Gasteiger partial charge in [0.05, 0.1) is 18.8 Å². The van der Waals surface area contributed by atoms with Crippen molar-refractivity contribution in [2.75, 3.05) is 6.61 Å². The standard InChI is InChI=1S/C16H31NO3.H2S.W/c1-7-8-13(19)12(10-18)17-14(20)9-16(5,6)11-15(2,3)4;;/h7-8,12-13,18-19H,9-11H2,1-6H3,(H,17,20);1H2;/b8-7+;;. The average molecular weight is 503 g/mol. The molecule has 0 aromatic carbocycles. The molecular weight excluding hydrogens is 470 g/mol.